The highest BCUT2D eigenvalue weighted by Gasteiger charge is 2.30. The molecule has 0 unspecified atom stereocenters. The first kappa shape index (κ1) is 30.7. The number of ether oxygens (including phenoxy) is 1. The molecule has 1 fully saturated rings. The molecule has 1 saturated heterocycles. The summed E-state index contributed by atoms with van der Waals surface area (Å²) in [5.74, 6) is 1.04. The lowest BCUT2D eigenvalue weighted by molar-refractivity contribution is -0.137. The Labute approximate surface area is 231 Å². The van der Waals surface area contributed by atoms with E-state index in [-0.39, 0.29) is 0 Å². The van der Waals surface area contributed by atoms with E-state index in [9.17, 15) is 18.0 Å². The van der Waals surface area contributed by atoms with Gasteiger partial charge in [-0.1, -0.05) is 29.4 Å². The molecule has 0 spiro atoms. The lowest BCUT2D eigenvalue weighted by Gasteiger charge is -2.27. The molecule has 0 radical (unpaired) electrons. The van der Waals surface area contributed by atoms with Gasteiger partial charge >= 0.3 is 11.9 Å². The lowest BCUT2D eigenvalue weighted by Crippen LogP contribution is -2.29. The Balaban J connectivity index is 0.00000205. The standard InChI is InChI=1S/C27H32F3N3O3S.C2H4/c1-18-3-5-22(27(28,29)30)16-24(18)37-17-33(11-7-20-9-13-35-14-10-20)12-8-21-4-6-23(19(2)15-21)25-31-26(34)36-32-25;1-2/h3-6,15-16,20H,7-14,17H2,1-2H3,(H,31,32,34);1-2H2. The van der Waals surface area contributed by atoms with Crippen molar-refractivity contribution in [3.05, 3.63) is 82.4 Å². The topological polar surface area (TPSA) is 71.4 Å². The Morgan fingerprint density at radius 2 is 1.82 bits per heavy atom. The quantitative estimate of drug-likeness (QED) is 0.165. The number of alkyl halides is 3. The number of rotatable bonds is 10. The number of hydrogen-bond acceptors (Lipinski definition) is 6. The van der Waals surface area contributed by atoms with Crippen LogP contribution < -0.4 is 5.76 Å². The third-order valence-corrected chi connectivity index (χ3v) is 8.06. The first-order valence-electron chi connectivity index (χ1n) is 13.0. The van der Waals surface area contributed by atoms with Gasteiger partial charge in [0.05, 0.1) is 5.56 Å². The second-order valence-electron chi connectivity index (χ2n) is 9.56. The van der Waals surface area contributed by atoms with Gasteiger partial charge in [0, 0.05) is 36.1 Å². The van der Waals surface area contributed by atoms with Gasteiger partial charge in [-0.25, -0.2) is 4.79 Å². The van der Waals surface area contributed by atoms with Crippen LogP contribution in [0.2, 0.25) is 0 Å². The molecule has 212 valence electrons. The van der Waals surface area contributed by atoms with E-state index in [1.807, 2.05) is 26.0 Å². The molecule has 2 heterocycles. The molecule has 1 aromatic heterocycles. The fourth-order valence-corrected chi connectivity index (χ4v) is 5.60. The van der Waals surface area contributed by atoms with E-state index in [0.717, 1.165) is 80.3 Å². The maximum atomic E-state index is 13.2. The van der Waals surface area contributed by atoms with Crippen molar-refractivity contribution in [2.45, 2.75) is 50.6 Å². The zero-order chi connectivity index (χ0) is 28.4. The van der Waals surface area contributed by atoms with Crippen LogP contribution in [0.3, 0.4) is 0 Å². The SMILES string of the molecule is C=C.Cc1ccc(C(F)(F)F)cc1SCN(CCc1ccc(-c2noc(=O)[nH]2)c(C)c1)CCC1CCOCC1. The van der Waals surface area contributed by atoms with Crippen molar-refractivity contribution >= 4 is 11.8 Å². The second kappa shape index (κ2) is 14.5. The van der Waals surface area contributed by atoms with Crippen molar-refractivity contribution in [1.29, 1.82) is 0 Å². The second-order valence-corrected chi connectivity index (χ2v) is 10.5. The van der Waals surface area contributed by atoms with Crippen molar-refractivity contribution in [2.75, 3.05) is 32.2 Å². The molecule has 0 amide bonds. The number of aromatic nitrogens is 2. The molecule has 0 saturated carbocycles. The molecule has 10 heteroatoms. The monoisotopic (exact) mass is 563 g/mol. The molecule has 39 heavy (non-hydrogen) atoms. The van der Waals surface area contributed by atoms with Gasteiger partial charge in [0.25, 0.3) is 0 Å². The van der Waals surface area contributed by atoms with Crippen LogP contribution in [0.4, 0.5) is 13.2 Å². The van der Waals surface area contributed by atoms with Crippen LogP contribution in [0.5, 0.6) is 0 Å². The summed E-state index contributed by atoms with van der Waals surface area (Å²) in [4.78, 5) is 16.9. The molecule has 2 aromatic carbocycles. The van der Waals surface area contributed by atoms with Gasteiger partial charge in [0.2, 0.25) is 0 Å². The number of hydrogen-bond donors (Lipinski definition) is 1. The first-order valence-corrected chi connectivity index (χ1v) is 13.9. The van der Waals surface area contributed by atoms with Crippen molar-refractivity contribution in [1.82, 2.24) is 15.0 Å². The number of aryl methyl sites for hydroxylation is 2. The van der Waals surface area contributed by atoms with E-state index in [4.69, 9.17) is 4.74 Å². The smallest absolute Gasteiger partial charge is 0.381 e. The Hall–Kier alpha value is -2.82. The number of nitrogens with one attached hydrogen (secondary N) is 1. The van der Waals surface area contributed by atoms with Crippen LogP contribution in [0.25, 0.3) is 11.4 Å². The van der Waals surface area contributed by atoms with Crippen LogP contribution in [-0.4, -0.2) is 47.2 Å². The van der Waals surface area contributed by atoms with Gasteiger partial charge in [-0.3, -0.25) is 14.4 Å². The summed E-state index contributed by atoms with van der Waals surface area (Å²) in [5.41, 5.74) is 3.16. The summed E-state index contributed by atoms with van der Waals surface area (Å²) in [6.07, 6.45) is -0.402. The number of halogens is 3. The van der Waals surface area contributed by atoms with E-state index >= 15 is 0 Å². The Bertz CT molecular complexity index is 1250. The molecular weight excluding hydrogens is 527 g/mol. The van der Waals surface area contributed by atoms with E-state index < -0.39 is 17.5 Å². The van der Waals surface area contributed by atoms with Gasteiger partial charge < -0.3 is 4.74 Å². The van der Waals surface area contributed by atoms with Crippen molar-refractivity contribution < 1.29 is 22.4 Å². The average molecular weight is 564 g/mol. The summed E-state index contributed by atoms with van der Waals surface area (Å²) < 4.78 is 49.8. The van der Waals surface area contributed by atoms with Crippen molar-refractivity contribution in [3.63, 3.8) is 0 Å². The summed E-state index contributed by atoms with van der Waals surface area (Å²) in [6.45, 7) is 13.1. The van der Waals surface area contributed by atoms with Crippen LogP contribution in [0, 0.1) is 19.8 Å². The number of nitrogens with zero attached hydrogens (tertiary/aromatic N) is 2. The number of aromatic amines is 1. The zero-order valence-corrected chi connectivity index (χ0v) is 23.3. The third kappa shape index (κ3) is 9.12. The largest absolute Gasteiger partial charge is 0.439 e. The molecule has 1 aliphatic rings. The first-order chi connectivity index (χ1) is 18.7. The minimum atomic E-state index is -4.35. The average Bonchev–Trinajstić information content (AvgIpc) is 3.36. The van der Waals surface area contributed by atoms with Crippen LogP contribution in [0.1, 0.15) is 41.5 Å². The molecule has 3 aromatic rings. The van der Waals surface area contributed by atoms with Crippen LogP contribution in [-0.2, 0) is 17.3 Å². The molecule has 0 atom stereocenters. The molecule has 6 nitrogen and oxygen atoms in total. The van der Waals surface area contributed by atoms with Gasteiger partial charge in [0.15, 0.2) is 5.82 Å². The zero-order valence-electron chi connectivity index (χ0n) is 22.5. The minimum absolute atomic E-state index is 0.403. The maximum absolute atomic E-state index is 13.2. The lowest BCUT2D eigenvalue weighted by atomic mass is 9.96. The number of benzene rings is 2. The van der Waals surface area contributed by atoms with Gasteiger partial charge in [0.1, 0.15) is 0 Å². The fraction of sp³-hybridized carbons (Fsp3) is 0.448. The maximum Gasteiger partial charge on any atom is 0.439 e. The number of H-pyrrole nitrogens is 1. The van der Waals surface area contributed by atoms with Crippen LogP contribution in [0.15, 0.2) is 63.8 Å². The van der Waals surface area contributed by atoms with E-state index in [0.29, 0.717) is 22.5 Å². The van der Waals surface area contributed by atoms with Crippen LogP contribution >= 0.6 is 11.8 Å². The predicted molar refractivity (Wildman–Crippen MR) is 149 cm³/mol. The van der Waals surface area contributed by atoms with E-state index in [1.54, 1.807) is 6.07 Å². The molecular formula is C29H36F3N3O3S. The Morgan fingerprint density at radius 1 is 1.08 bits per heavy atom. The summed E-state index contributed by atoms with van der Waals surface area (Å²) in [5, 5.41) is 3.77. The third-order valence-electron chi connectivity index (χ3n) is 6.82. The highest BCUT2D eigenvalue weighted by Crippen LogP contribution is 2.34. The van der Waals surface area contributed by atoms with Gasteiger partial charge in [-0.05, 0) is 80.8 Å². The molecule has 0 aliphatic carbocycles. The highest BCUT2D eigenvalue weighted by molar-refractivity contribution is 7.99. The summed E-state index contributed by atoms with van der Waals surface area (Å²) in [7, 11) is 0. The van der Waals surface area contributed by atoms with Crippen molar-refractivity contribution in [2.24, 2.45) is 5.92 Å². The summed E-state index contributed by atoms with van der Waals surface area (Å²) in [6, 6.07) is 9.95. The Morgan fingerprint density at radius 3 is 2.46 bits per heavy atom. The normalized spacial score (nSPS) is 14.3. The van der Waals surface area contributed by atoms with Gasteiger partial charge in [-0.2, -0.15) is 13.2 Å². The molecule has 1 aliphatic heterocycles. The van der Waals surface area contributed by atoms with Crippen molar-refractivity contribution in [3.8, 4) is 11.4 Å². The Kier molecular flexibility index (Phi) is 11.4. The summed E-state index contributed by atoms with van der Waals surface area (Å²) >= 11 is 1.46. The van der Waals surface area contributed by atoms with Gasteiger partial charge in [-0.15, -0.1) is 24.9 Å². The number of thioether (sulfide) groups is 1. The van der Waals surface area contributed by atoms with E-state index in [2.05, 4.69) is 38.8 Å². The molecule has 1 N–H and O–H groups in total. The predicted octanol–water partition coefficient (Wildman–Crippen LogP) is 6.88. The van der Waals surface area contributed by atoms with E-state index in [1.165, 1.54) is 17.8 Å². The minimum Gasteiger partial charge on any atom is -0.381 e. The highest BCUT2D eigenvalue weighted by atomic mass is 32.2. The molecule has 0 bridgehead atoms. The molecule has 4 rings (SSSR count). The fourth-order valence-electron chi connectivity index (χ4n) is 4.51.